The van der Waals surface area contributed by atoms with E-state index in [1.54, 1.807) is 12.5 Å². The minimum atomic E-state index is 0.185. The number of aryl methyl sites for hydroxylation is 1. The molecule has 0 saturated carbocycles. The zero-order chi connectivity index (χ0) is 11.9. The maximum atomic E-state index is 11.6. The van der Waals surface area contributed by atoms with Crippen LogP contribution < -0.4 is 10.6 Å². The summed E-state index contributed by atoms with van der Waals surface area (Å²) in [4.78, 5) is 15.6. The van der Waals surface area contributed by atoms with E-state index in [9.17, 15) is 4.79 Å². The zero-order valence-electron chi connectivity index (χ0n) is 10.1. The summed E-state index contributed by atoms with van der Waals surface area (Å²) < 4.78 is 2.02. The molecule has 1 aliphatic rings. The van der Waals surface area contributed by atoms with Crippen LogP contribution in [0.4, 0.5) is 0 Å². The number of imidazole rings is 1. The van der Waals surface area contributed by atoms with Crippen molar-refractivity contribution in [1.29, 1.82) is 0 Å². The normalized spacial score (nSPS) is 19.4. The average molecular weight is 236 g/mol. The number of hydrogen-bond donors (Lipinski definition) is 2. The standard InChI is InChI=1S/C12H20N4O/c17-12(8-11-2-4-13-9-11)15-3-1-6-16-7-5-14-10-16/h5,7,10-11,13H,1-4,6,8-9H2,(H,15,17). The van der Waals surface area contributed by atoms with Gasteiger partial charge in [-0.15, -0.1) is 0 Å². The van der Waals surface area contributed by atoms with E-state index in [1.807, 2.05) is 10.8 Å². The van der Waals surface area contributed by atoms with Crippen LogP contribution in [-0.4, -0.2) is 35.1 Å². The summed E-state index contributed by atoms with van der Waals surface area (Å²) >= 11 is 0. The lowest BCUT2D eigenvalue weighted by atomic mass is 10.0. The number of nitrogens with zero attached hydrogens (tertiary/aromatic N) is 2. The first kappa shape index (κ1) is 12.1. The Labute approximate surface area is 102 Å². The third-order valence-corrected chi connectivity index (χ3v) is 3.11. The minimum absolute atomic E-state index is 0.185. The summed E-state index contributed by atoms with van der Waals surface area (Å²) in [5.74, 6) is 0.716. The van der Waals surface area contributed by atoms with Crippen LogP contribution in [0.5, 0.6) is 0 Å². The summed E-state index contributed by atoms with van der Waals surface area (Å²) in [5.41, 5.74) is 0. The molecule has 1 amide bonds. The van der Waals surface area contributed by atoms with Gasteiger partial charge in [-0.2, -0.15) is 0 Å². The van der Waals surface area contributed by atoms with Crippen LogP contribution in [0.1, 0.15) is 19.3 Å². The molecule has 2 rings (SSSR count). The molecule has 2 N–H and O–H groups in total. The van der Waals surface area contributed by atoms with Crippen LogP contribution in [0.25, 0.3) is 0 Å². The Morgan fingerprint density at radius 1 is 1.59 bits per heavy atom. The number of aromatic nitrogens is 2. The molecule has 5 heteroatoms. The predicted molar refractivity (Wildman–Crippen MR) is 65.4 cm³/mol. The summed E-state index contributed by atoms with van der Waals surface area (Å²) in [5, 5.41) is 6.24. The topological polar surface area (TPSA) is 59.0 Å². The van der Waals surface area contributed by atoms with Crippen LogP contribution in [0.2, 0.25) is 0 Å². The minimum Gasteiger partial charge on any atom is -0.356 e. The second-order valence-corrected chi connectivity index (χ2v) is 4.57. The molecule has 1 aromatic heterocycles. The number of carbonyl (C=O) groups excluding carboxylic acids is 1. The molecule has 17 heavy (non-hydrogen) atoms. The quantitative estimate of drug-likeness (QED) is 0.702. The summed E-state index contributed by atoms with van der Waals surface area (Å²) in [6.45, 7) is 3.70. The van der Waals surface area contributed by atoms with E-state index in [2.05, 4.69) is 15.6 Å². The molecule has 1 unspecified atom stereocenters. The highest BCUT2D eigenvalue weighted by atomic mass is 16.1. The third-order valence-electron chi connectivity index (χ3n) is 3.11. The van der Waals surface area contributed by atoms with Gasteiger partial charge in [0.25, 0.3) is 0 Å². The zero-order valence-corrected chi connectivity index (χ0v) is 10.1. The average Bonchev–Trinajstić information content (AvgIpc) is 2.96. The Bertz CT molecular complexity index is 330. The Hall–Kier alpha value is -1.36. The van der Waals surface area contributed by atoms with Gasteiger partial charge in [0.05, 0.1) is 6.33 Å². The van der Waals surface area contributed by atoms with Crippen molar-refractivity contribution in [3.05, 3.63) is 18.7 Å². The molecule has 1 aromatic rings. The van der Waals surface area contributed by atoms with Gasteiger partial charge < -0.3 is 15.2 Å². The molecule has 1 fully saturated rings. The molecule has 2 heterocycles. The van der Waals surface area contributed by atoms with Crippen LogP contribution in [0.3, 0.4) is 0 Å². The van der Waals surface area contributed by atoms with Crippen molar-refractivity contribution in [2.45, 2.75) is 25.8 Å². The molecule has 1 saturated heterocycles. The van der Waals surface area contributed by atoms with E-state index in [-0.39, 0.29) is 5.91 Å². The summed E-state index contributed by atoms with van der Waals surface area (Å²) in [6.07, 6.45) is 8.25. The van der Waals surface area contributed by atoms with Gasteiger partial charge in [-0.25, -0.2) is 4.98 Å². The second kappa shape index (κ2) is 6.39. The highest BCUT2D eigenvalue weighted by Gasteiger charge is 2.17. The fourth-order valence-electron chi connectivity index (χ4n) is 2.13. The molecule has 94 valence electrons. The van der Waals surface area contributed by atoms with Crippen LogP contribution in [0, 0.1) is 5.92 Å². The fraction of sp³-hybridized carbons (Fsp3) is 0.667. The van der Waals surface area contributed by atoms with Gasteiger partial charge in [0.2, 0.25) is 5.91 Å². The highest BCUT2D eigenvalue weighted by Crippen LogP contribution is 2.11. The number of hydrogen-bond acceptors (Lipinski definition) is 3. The smallest absolute Gasteiger partial charge is 0.220 e. The van der Waals surface area contributed by atoms with E-state index >= 15 is 0 Å². The van der Waals surface area contributed by atoms with Gasteiger partial charge in [-0.05, 0) is 31.8 Å². The first-order chi connectivity index (χ1) is 8.34. The Kier molecular flexibility index (Phi) is 4.55. The number of amides is 1. The van der Waals surface area contributed by atoms with Gasteiger partial charge in [0.1, 0.15) is 0 Å². The lowest BCUT2D eigenvalue weighted by molar-refractivity contribution is -0.121. The van der Waals surface area contributed by atoms with Crippen molar-refractivity contribution >= 4 is 5.91 Å². The molecular weight excluding hydrogens is 216 g/mol. The molecule has 0 radical (unpaired) electrons. The Morgan fingerprint density at radius 2 is 2.53 bits per heavy atom. The van der Waals surface area contributed by atoms with Gasteiger partial charge in [-0.1, -0.05) is 0 Å². The molecule has 0 aliphatic carbocycles. The van der Waals surface area contributed by atoms with E-state index in [1.165, 1.54) is 0 Å². The number of nitrogens with one attached hydrogen (secondary N) is 2. The van der Waals surface area contributed by atoms with Gasteiger partial charge in [0.15, 0.2) is 0 Å². The van der Waals surface area contributed by atoms with E-state index in [0.29, 0.717) is 12.3 Å². The molecule has 0 bridgehead atoms. The second-order valence-electron chi connectivity index (χ2n) is 4.57. The first-order valence-corrected chi connectivity index (χ1v) is 6.28. The van der Waals surface area contributed by atoms with Crippen molar-refractivity contribution in [2.75, 3.05) is 19.6 Å². The number of rotatable bonds is 6. The molecule has 0 aromatic carbocycles. The monoisotopic (exact) mass is 236 g/mol. The molecular formula is C12H20N4O. The molecule has 5 nitrogen and oxygen atoms in total. The number of carbonyl (C=O) groups is 1. The lowest BCUT2D eigenvalue weighted by Gasteiger charge is -2.09. The Morgan fingerprint density at radius 3 is 3.24 bits per heavy atom. The van der Waals surface area contributed by atoms with Crippen molar-refractivity contribution in [2.24, 2.45) is 5.92 Å². The van der Waals surface area contributed by atoms with Gasteiger partial charge in [0, 0.05) is 31.9 Å². The van der Waals surface area contributed by atoms with E-state index in [0.717, 1.165) is 39.0 Å². The maximum absolute atomic E-state index is 11.6. The van der Waals surface area contributed by atoms with E-state index < -0.39 is 0 Å². The maximum Gasteiger partial charge on any atom is 0.220 e. The predicted octanol–water partition coefficient (Wildman–Crippen LogP) is 0.389. The van der Waals surface area contributed by atoms with Gasteiger partial charge in [-0.3, -0.25) is 4.79 Å². The third kappa shape index (κ3) is 4.19. The van der Waals surface area contributed by atoms with Crippen molar-refractivity contribution < 1.29 is 4.79 Å². The molecule has 1 aliphatic heterocycles. The van der Waals surface area contributed by atoms with Crippen molar-refractivity contribution in [3.8, 4) is 0 Å². The van der Waals surface area contributed by atoms with Crippen LogP contribution >= 0.6 is 0 Å². The van der Waals surface area contributed by atoms with Crippen molar-refractivity contribution in [3.63, 3.8) is 0 Å². The van der Waals surface area contributed by atoms with Crippen LogP contribution in [-0.2, 0) is 11.3 Å². The first-order valence-electron chi connectivity index (χ1n) is 6.28. The van der Waals surface area contributed by atoms with Crippen LogP contribution in [0.15, 0.2) is 18.7 Å². The molecule has 1 atom stereocenters. The van der Waals surface area contributed by atoms with Crippen molar-refractivity contribution in [1.82, 2.24) is 20.2 Å². The lowest BCUT2D eigenvalue weighted by Crippen LogP contribution is -2.27. The van der Waals surface area contributed by atoms with Gasteiger partial charge >= 0.3 is 0 Å². The Balaban J connectivity index is 1.53. The SMILES string of the molecule is O=C(CC1CCNC1)NCCCn1ccnc1. The fourth-order valence-corrected chi connectivity index (χ4v) is 2.13. The molecule has 0 spiro atoms. The summed E-state index contributed by atoms with van der Waals surface area (Å²) in [7, 11) is 0. The largest absolute Gasteiger partial charge is 0.356 e. The van der Waals surface area contributed by atoms with E-state index in [4.69, 9.17) is 0 Å². The summed E-state index contributed by atoms with van der Waals surface area (Å²) in [6, 6.07) is 0. The highest BCUT2D eigenvalue weighted by molar-refractivity contribution is 5.76.